The first-order valence-corrected chi connectivity index (χ1v) is 8.38. The topological polar surface area (TPSA) is 37.4 Å². The molecule has 0 spiro atoms. The Morgan fingerprint density at radius 3 is 2.52 bits per heavy atom. The second-order valence-corrected chi connectivity index (χ2v) is 7.46. The van der Waals surface area contributed by atoms with Crippen LogP contribution < -0.4 is 4.90 Å². The average molecular weight is 364 g/mol. The van der Waals surface area contributed by atoms with Crippen LogP contribution in [-0.4, -0.2) is 18.2 Å². The summed E-state index contributed by atoms with van der Waals surface area (Å²) in [6, 6.07) is 9.20. The van der Waals surface area contributed by atoms with Gasteiger partial charge in [0.15, 0.2) is 0 Å². The van der Waals surface area contributed by atoms with Crippen LogP contribution in [0.4, 0.5) is 5.69 Å². The minimum Gasteiger partial charge on any atom is -0.312 e. The molecule has 3 nitrogen and oxygen atoms in total. The maximum Gasteiger partial charge on any atom is 0.227 e. The summed E-state index contributed by atoms with van der Waals surface area (Å²) in [5.74, 6) is 0.181. The summed E-state index contributed by atoms with van der Waals surface area (Å²) in [5, 5.41) is 0. The van der Waals surface area contributed by atoms with Crippen LogP contribution in [0.5, 0.6) is 0 Å². The summed E-state index contributed by atoms with van der Waals surface area (Å²) in [5.41, 5.74) is 2.60. The molecule has 3 rings (SSSR count). The van der Waals surface area contributed by atoms with Crippen LogP contribution >= 0.6 is 27.3 Å². The Balaban J connectivity index is 1.83. The summed E-state index contributed by atoms with van der Waals surface area (Å²) in [6.45, 7) is 2.74. The highest BCUT2D eigenvalue weighted by Crippen LogP contribution is 2.29. The second-order valence-electron chi connectivity index (χ2n) is 5.09. The number of anilines is 1. The van der Waals surface area contributed by atoms with Gasteiger partial charge in [0, 0.05) is 24.2 Å². The van der Waals surface area contributed by atoms with Crippen LogP contribution in [0.1, 0.15) is 33.6 Å². The van der Waals surface area contributed by atoms with Crippen LogP contribution in [0.15, 0.2) is 34.1 Å². The van der Waals surface area contributed by atoms with Crippen molar-refractivity contribution in [1.82, 2.24) is 0 Å². The lowest BCUT2D eigenvalue weighted by atomic mass is 10.1. The first-order chi connectivity index (χ1) is 10.1. The highest BCUT2D eigenvalue weighted by Gasteiger charge is 2.22. The molecule has 1 aliphatic heterocycles. The van der Waals surface area contributed by atoms with Gasteiger partial charge in [-0.2, -0.15) is 0 Å². The van der Waals surface area contributed by atoms with Gasteiger partial charge in [-0.05, 0) is 65.2 Å². The fourth-order valence-electron chi connectivity index (χ4n) is 2.43. The Bertz CT molecular complexity index is 686. The van der Waals surface area contributed by atoms with Crippen molar-refractivity contribution in [1.29, 1.82) is 0 Å². The number of benzene rings is 1. The van der Waals surface area contributed by atoms with E-state index in [2.05, 4.69) is 15.9 Å². The van der Waals surface area contributed by atoms with Crippen molar-refractivity contribution in [3.63, 3.8) is 0 Å². The number of amides is 1. The summed E-state index contributed by atoms with van der Waals surface area (Å²) >= 11 is 4.89. The van der Waals surface area contributed by atoms with Gasteiger partial charge in [0.1, 0.15) is 0 Å². The summed E-state index contributed by atoms with van der Waals surface area (Å²) in [4.78, 5) is 26.6. The maximum absolute atomic E-state index is 12.4. The highest BCUT2D eigenvalue weighted by molar-refractivity contribution is 9.11. The van der Waals surface area contributed by atoms with E-state index in [1.54, 1.807) is 17.0 Å². The van der Waals surface area contributed by atoms with Crippen molar-refractivity contribution >= 4 is 44.6 Å². The number of nitrogens with zero attached hydrogens (tertiary/aromatic N) is 1. The van der Waals surface area contributed by atoms with Crippen LogP contribution in [-0.2, 0) is 4.79 Å². The molecule has 21 heavy (non-hydrogen) atoms. The van der Waals surface area contributed by atoms with Crippen molar-refractivity contribution in [2.45, 2.75) is 19.8 Å². The molecule has 5 heteroatoms. The monoisotopic (exact) mass is 363 g/mol. The van der Waals surface area contributed by atoms with Gasteiger partial charge in [0.05, 0.1) is 8.66 Å². The molecule has 1 saturated heterocycles. The van der Waals surface area contributed by atoms with Crippen molar-refractivity contribution in [2.75, 3.05) is 11.4 Å². The lowest BCUT2D eigenvalue weighted by Gasteiger charge is -2.15. The molecule has 1 aromatic carbocycles. The van der Waals surface area contributed by atoms with E-state index in [0.29, 0.717) is 12.0 Å². The van der Waals surface area contributed by atoms with E-state index in [-0.39, 0.29) is 11.7 Å². The van der Waals surface area contributed by atoms with Gasteiger partial charge in [-0.1, -0.05) is 0 Å². The molecule has 108 valence electrons. The number of rotatable bonds is 3. The molecule has 0 bridgehead atoms. The van der Waals surface area contributed by atoms with Gasteiger partial charge in [0.2, 0.25) is 11.7 Å². The number of carbonyl (C=O) groups excluding carboxylic acids is 2. The zero-order chi connectivity index (χ0) is 15.0. The van der Waals surface area contributed by atoms with Crippen molar-refractivity contribution < 1.29 is 9.59 Å². The Kier molecular flexibility index (Phi) is 3.95. The average Bonchev–Trinajstić information content (AvgIpc) is 3.05. The van der Waals surface area contributed by atoms with Gasteiger partial charge < -0.3 is 4.90 Å². The molecule has 2 aromatic rings. The van der Waals surface area contributed by atoms with E-state index < -0.39 is 0 Å². The molecule has 1 amide bonds. The summed E-state index contributed by atoms with van der Waals surface area (Å²) in [6.07, 6.45) is 1.52. The largest absolute Gasteiger partial charge is 0.312 e. The second kappa shape index (κ2) is 5.73. The lowest BCUT2D eigenvalue weighted by molar-refractivity contribution is -0.117. The highest BCUT2D eigenvalue weighted by atomic mass is 79.9. The maximum atomic E-state index is 12.4. The fraction of sp³-hybridized carbons (Fsp3) is 0.250. The number of carbonyl (C=O) groups is 2. The first-order valence-electron chi connectivity index (χ1n) is 6.77. The minimum atomic E-state index is 0.0214. The minimum absolute atomic E-state index is 0.0214. The van der Waals surface area contributed by atoms with E-state index in [4.69, 9.17) is 0 Å². The fourth-order valence-corrected chi connectivity index (χ4v) is 3.92. The number of ketones is 1. The molecule has 1 fully saturated rings. The van der Waals surface area contributed by atoms with Crippen molar-refractivity contribution in [3.8, 4) is 0 Å². The molecule has 0 atom stereocenters. The Hall–Kier alpha value is -1.46. The zero-order valence-corrected chi connectivity index (χ0v) is 14.0. The van der Waals surface area contributed by atoms with Gasteiger partial charge >= 0.3 is 0 Å². The summed E-state index contributed by atoms with van der Waals surface area (Å²) < 4.78 is 0.991. The predicted molar refractivity (Wildman–Crippen MR) is 88.2 cm³/mol. The van der Waals surface area contributed by atoms with Gasteiger partial charge in [-0.3, -0.25) is 9.59 Å². The first kappa shape index (κ1) is 14.5. The number of aryl methyl sites for hydroxylation is 1. The van der Waals surface area contributed by atoms with E-state index in [1.165, 1.54) is 11.3 Å². The third-order valence-corrected chi connectivity index (χ3v) is 5.73. The molecule has 0 saturated carbocycles. The molecule has 0 N–H and O–H groups in total. The standard InChI is InChI=1S/C16H14BrNO2S/c1-10-9-13(21-16(10)17)15(20)11-4-6-12(7-5-11)18-8-2-3-14(18)19/h4-7,9H,2-3,8H2,1H3. The Morgan fingerprint density at radius 2 is 2.00 bits per heavy atom. The Labute approximate surface area is 135 Å². The molecule has 2 heterocycles. The van der Waals surface area contributed by atoms with Crippen LogP contribution in [0, 0.1) is 6.92 Å². The van der Waals surface area contributed by atoms with Gasteiger partial charge in [0.25, 0.3) is 0 Å². The molecule has 0 unspecified atom stereocenters. The smallest absolute Gasteiger partial charge is 0.227 e. The number of hydrogen-bond donors (Lipinski definition) is 0. The molecule has 0 aliphatic carbocycles. The lowest BCUT2D eigenvalue weighted by Crippen LogP contribution is -2.23. The predicted octanol–water partition coefficient (Wildman–Crippen LogP) is 4.18. The van der Waals surface area contributed by atoms with Crippen molar-refractivity contribution in [3.05, 3.63) is 50.1 Å². The number of hydrogen-bond acceptors (Lipinski definition) is 3. The van der Waals surface area contributed by atoms with Crippen molar-refractivity contribution in [2.24, 2.45) is 0 Å². The van der Waals surface area contributed by atoms with E-state index in [9.17, 15) is 9.59 Å². The van der Waals surface area contributed by atoms with Gasteiger partial charge in [-0.25, -0.2) is 0 Å². The third-order valence-electron chi connectivity index (χ3n) is 3.60. The molecule has 1 aromatic heterocycles. The molecule has 0 radical (unpaired) electrons. The van der Waals surface area contributed by atoms with Crippen LogP contribution in [0.25, 0.3) is 0 Å². The SMILES string of the molecule is Cc1cc(C(=O)c2ccc(N3CCCC3=O)cc2)sc1Br. The van der Waals surface area contributed by atoms with E-state index in [1.807, 2.05) is 25.1 Å². The Morgan fingerprint density at radius 1 is 1.29 bits per heavy atom. The molecular weight excluding hydrogens is 350 g/mol. The third kappa shape index (κ3) is 2.80. The number of thiophene rings is 1. The van der Waals surface area contributed by atoms with Crippen LogP contribution in [0.2, 0.25) is 0 Å². The molecule has 1 aliphatic rings. The van der Waals surface area contributed by atoms with Crippen LogP contribution in [0.3, 0.4) is 0 Å². The van der Waals surface area contributed by atoms with E-state index >= 15 is 0 Å². The normalized spacial score (nSPS) is 14.8. The van der Waals surface area contributed by atoms with E-state index in [0.717, 1.165) is 32.9 Å². The summed E-state index contributed by atoms with van der Waals surface area (Å²) in [7, 11) is 0. The molecular formula is C16H14BrNO2S. The zero-order valence-electron chi connectivity index (χ0n) is 11.6. The van der Waals surface area contributed by atoms with Gasteiger partial charge in [-0.15, -0.1) is 11.3 Å². The quantitative estimate of drug-likeness (QED) is 0.767. The number of halogens is 1.